The highest BCUT2D eigenvalue weighted by Gasteiger charge is 2.15. The summed E-state index contributed by atoms with van der Waals surface area (Å²) in [5.74, 6) is 2.95. The lowest BCUT2D eigenvalue weighted by Gasteiger charge is -2.16. The van der Waals surface area contributed by atoms with Crippen LogP contribution in [0.2, 0.25) is 0 Å². The highest BCUT2D eigenvalue weighted by atomic mass is 79.9. The van der Waals surface area contributed by atoms with E-state index in [-0.39, 0.29) is 6.61 Å². The van der Waals surface area contributed by atoms with Gasteiger partial charge in [0.15, 0.2) is 34.5 Å². The van der Waals surface area contributed by atoms with Crippen LogP contribution in [0.5, 0.6) is 34.5 Å². The fourth-order valence-electron chi connectivity index (χ4n) is 4.88. The van der Waals surface area contributed by atoms with E-state index < -0.39 is 5.91 Å². The van der Waals surface area contributed by atoms with Crippen molar-refractivity contribution >= 4 is 28.1 Å². The van der Waals surface area contributed by atoms with E-state index in [2.05, 4.69) is 26.5 Å². The molecule has 0 radical (unpaired) electrons. The number of ether oxygens (including phenoxy) is 6. The third-order valence-corrected chi connectivity index (χ3v) is 7.89. The number of nitrogens with zero attached hydrogens (tertiary/aromatic N) is 1. The van der Waals surface area contributed by atoms with Gasteiger partial charge in [0.25, 0.3) is 5.91 Å². The summed E-state index contributed by atoms with van der Waals surface area (Å²) in [5, 5.41) is 4.17. The van der Waals surface area contributed by atoms with Crippen LogP contribution in [0.3, 0.4) is 0 Å². The number of carbonyl (C=O) groups is 1. The van der Waals surface area contributed by atoms with Crippen LogP contribution in [-0.4, -0.2) is 32.4 Å². The topological polar surface area (TPSA) is 96.8 Å². The van der Waals surface area contributed by atoms with Gasteiger partial charge in [-0.3, -0.25) is 4.79 Å². The van der Waals surface area contributed by atoms with Crippen LogP contribution < -0.4 is 33.8 Å². The Morgan fingerprint density at radius 2 is 1.24 bits per heavy atom. The summed E-state index contributed by atoms with van der Waals surface area (Å²) in [6.45, 7) is 5.84. The van der Waals surface area contributed by atoms with Gasteiger partial charge in [0.2, 0.25) is 0 Å². The van der Waals surface area contributed by atoms with Gasteiger partial charge in [0.1, 0.15) is 19.8 Å². The Morgan fingerprint density at radius 3 is 1.88 bits per heavy atom. The highest BCUT2D eigenvalue weighted by molar-refractivity contribution is 9.10. The van der Waals surface area contributed by atoms with Crippen molar-refractivity contribution in [1.29, 1.82) is 0 Å². The van der Waals surface area contributed by atoms with E-state index in [9.17, 15) is 4.79 Å². The molecule has 1 amide bonds. The first-order chi connectivity index (χ1) is 24.5. The molecule has 0 spiro atoms. The Labute approximate surface area is 300 Å². The molecule has 0 aromatic heterocycles. The maximum atomic E-state index is 12.9. The first-order valence-corrected chi connectivity index (χ1v) is 17.0. The molecule has 0 saturated heterocycles. The molecule has 0 fully saturated rings. The SMILES string of the molecule is CCOc1cc(COc2c(Br)cc(/C=N/NC(=O)c3ccc(OCc4ccccc4)c(OC)c3)cc2OCC)ccc1OCc1ccccc1. The van der Waals surface area contributed by atoms with Gasteiger partial charge in [-0.1, -0.05) is 66.7 Å². The van der Waals surface area contributed by atoms with Crippen molar-refractivity contribution in [2.45, 2.75) is 33.7 Å². The number of hydrazone groups is 1. The molecule has 0 saturated carbocycles. The molecule has 0 aliphatic rings. The summed E-state index contributed by atoms with van der Waals surface area (Å²) < 4.78 is 36.1. The second kappa shape index (κ2) is 18.3. The van der Waals surface area contributed by atoms with Crippen molar-refractivity contribution < 1.29 is 33.2 Å². The second-order valence-electron chi connectivity index (χ2n) is 10.9. The van der Waals surface area contributed by atoms with Gasteiger partial charge < -0.3 is 28.4 Å². The molecule has 5 rings (SSSR count). The van der Waals surface area contributed by atoms with Gasteiger partial charge in [-0.2, -0.15) is 5.10 Å². The van der Waals surface area contributed by atoms with Crippen LogP contribution in [-0.2, 0) is 19.8 Å². The van der Waals surface area contributed by atoms with Crippen LogP contribution in [0.15, 0.2) is 119 Å². The Kier molecular flexibility index (Phi) is 13.1. The fourth-order valence-corrected chi connectivity index (χ4v) is 5.45. The molecule has 5 aromatic rings. The Morgan fingerprint density at radius 1 is 0.640 bits per heavy atom. The first kappa shape index (κ1) is 35.8. The van der Waals surface area contributed by atoms with Crippen molar-refractivity contribution in [3.05, 3.63) is 141 Å². The van der Waals surface area contributed by atoms with E-state index in [0.29, 0.717) is 76.5 Å². The minimum Gasteiger partial charge on any atom is -0.493 e. The lowest BCUT2D eigenvalue weighted by atomic mass is 10.2. The van der Waals surface area contributed by atoms with Crippen molar-refractivity contribution in [1.82, 2.24) is 5.43 Å². The molecule has 0 aliphatic carbocycles. The average Bonchev–Trinajstić information content (AvgIpc) is 3.14. The minimum atomic E-state index is -0.402. The Balaban J connectivity index is 1.21. The molecule has 0 aliphatic heterocycles. The normalized spacial score (nSPS) is 10.8. The number of hydrogen-bond donors (Lipinski definition) is 1. The van der Waals surface area contributed by atoms with Crippen molar-refractivity contribution in [3.8, 4) is 34.5 Å². The highest BCUT2D eigenvalue weighted by Crippen LogP contribution is 2.38. The molecule has 0 unspecified atom stereocenters. The molecule has 50 heavy (non-hydrogen) atoms. The van der Waals surface area contributed by atoms with Crippen LogP contribution in [0.1, 0.15) is 46.5 Å². The summed E-state index contributed by atoms with van der Waals surface area (Å²) in [7, 11) is 1.53. The van der Waals surface area contributed by atoms with E-state index >= 15 is 0 Å². The van der Waals surface area contributed by atoms with Crippen LogP contribution in [0, 0.1) is 0 Å². The third kappa shape index (κ3) is 10.0. The number of rotatable bonds is 17. The second-order valence-corrected chi connectivity index (χ2v) is 11.7. The molecular weight excluding hydrogens is 700 g/mol. The Hall–Kier alpha value is -5.48. The largest absolute Gasteiger partial charge is 0.493 e. The predicted octanol–water partition coefficient (Wildman–Crippen LogP) is 8.76. The summed E-state index contributed by atoms with van der Waals surface area (Å²) >= 11 is 3.62. The zero-order valence-electron chi connectivity index (χ0n) is 28.2. The molecule has 1 N–H and O–H groups in total. The number of halogens is 1. The van der Waals surface area contributed by atoms with Crippen LogP contribution in [0.25, 0.3) is 0 Å². The lowest BCUT2D eigenvalue weighted by molar-refractivity contribution is 0.0954. The average molecular weight is 740 g/mol. The minimum absolute atomic E-state index is 0.265. The van der Waals surface area contributed by atoms with E-state index in [1.807, 2.05) is 98.8 Å². The molecule has 9 nitrogen and oxygen atoms in total. The van der Waals surface area contributed by atoms with Crippen molar-refractivity contribution in [3.63, 3.8) is 0 Å². The lowest BCUT2D eigenvalue weighted by Crippen LogP contribution is -2.17. The van der Waals surface area contributed by atoms with Gasteiger partial charge in [-0.05, 0) is 94.5 Å². The van der Waals surface area contributed by atoms with Gasteiger partial charge in [-0.25, -0.2) is 5.43 Å². The molecule has 0 heterocycles. The molecular formula is C40H39BrN2O7. The fraction of sp³-hybridized carbons (Fsp3) is 0.200. The summed E-state index contributed by atoms with van der Waals surface area (Å²) in [5.41, 5.74) is 6.62. The molecule has 0 bridgehead atoms. The van der Waals surface area contributed by atoms with Gasteiger partial charge in [-0.15, -0.1) is 0 Å². The van der Waals surface area contributed by atoms with Crippen molar-refractivity contribution in [2.24, 2.45) is 5.10 Å². The summed E-state index contributed by atoms with van der Waals surface area (Å²) in [4.78, 5) is 12.9. The number of hydrogen-bond acceptors (Lipinski definition) is 8. The maximum Gasteiger partial charge on any atom is 0.271 e. The summed E-state index contributed by atoms with van der Waals surface area (Å²) in [6, 6.07) is 34.2. The first-order valence-electron chi connectivity index (χ1n) is 16.2. The Bertz CT molecular complexity index is 1880. The standard InChI is InChI=1S/C40H39BrN2O7/c1-4-46-37-21-30(16-18-35(37)49-26-29-14-10-7-11-15-29)27-50-39-33(41)20-31(22-38(39)47-5-2)24-42-43-40(44)32-17-19-34(36(23-32)45-3)48-25-28-12-8-6-9-13-28/h6-24H,4-5,25-27H2,1-3H3,(H,43,44)/b42-24+. The zero-order chi connectivity index (χ0) is 35.1. The number of carbonyl (C=O) groups excluding carboxylic acids is 1. The smallest absolute Gasteiger partial charge is 0.271 e. The van der Waals surface area contributed by atoms with Crippen LogP contribution in [0.4, 0.5) is 0 Å². The molecule has 0 atom stereocenters. The van der Waals surface area contributed by atoms with Gasteiger partial charge in [0.05, 0.1) is 31.0 Å². The number of methoxy groups -OCH3 is 1. The van der Waals surface area contributed by atoms with E-state index in [1.54, 1.807) is 24.3 Å². The summed E-state index contributed by atoms with van der Waals surface area (Å²) in [6.07, 6.45) is 1.53. The van der Waals surface area contributed by atoms with Gasteiger partial charge >= 0.3 is 0 Å². The quantitative estimate of drug-likeness (QED) is 0.0753. The third-order valence-electron chi connectivity index (χ3n) is 7.30. The monoisotopic (exact) mass is 738 g/mol. The zero-order valence-corrected chi connectivity index (χ0v) is 29.8. The predicted molar refractivity (Wildman–Crippen MR) is 197 cm³/mol. The number of nitrogens with one attached hydrogen (secondary N) is 1. The van der Waals surface area contributed by atoms with Crippen LogP contribution >= 0.6 is 15.9 Å². The van der Waals surface area contributed by atoms with E-state index in [1.165, 1.54) is 13.3 Å². The van der Waals surface area contributed by atoms with E-state index in [4.69, 9.17) is 28.4 Å². The number of amides is 1. The molecule has 10 heteroatoms. The molecule has 258 valence electrons. The maximum absolute atomic E-state index is 12.9. The van der Waals surface area contributed by atoms with Gasteiger partial charge in [0, 0.05) is 5.56 Å². The van der Waals surface area contributed by atoms with E-state index in [0.717, 1.165) is 16.7 Å². The molecule has 5 aromatic carbocycles. The number of benzene rings is 5. The van der Waals surface area contributed by atoms with Crippen molar-refractivity contribution in [2.75, 3.05) is 20.3 Å².